The normalized spacial score (nSPS) is 11.4. The molecule has 0 aliphatic carbocycles. The molecule has 0 saturated carbocycles. The van der Waals surface area contributed by atoms with Crippen molar-refractivity contribution in [1.29, 1.82) is 0 Å². The molecule has 0 saturated heterocycles. The Morgan fingerprint density at radius 3 is 2.35 bits per heavy atom. The van der Waals surface area contributed by atoms with Crippen LogP contribution in [0, 0.1) is 5.92 Å². The quantitative estimate of drug-likeness (QED) is 0.820. The first-order chi connectivity index (χ1) is 10.8. The van der Waals surface area contributed by atoms with Gasteiger partial charge in [0.25, 0.3) is 0 Å². The number of carbonyl (C=O) groups excluding carboxylic acids is 2. The van der Waals surface area contributed by atoms with Gasteiger partial charge in [0.05, 0.1) is 13.0 Å². The topological polar surface area (TPSA) is 87.2 Å². The molecule has 1 N–H and O–H groups in total. The van der Waals surface area contributed by atoms with Gasteiger partial charge in [0.2, 0.25) is 5.91 Å². The number of methoxy groups -OCH3 is 1. The number of hydrogen-bond acceptors (Lipinski definition) is 4. The zero-order chi connectivity index (χ0) is 17.4. The molecule has 0 heterocycles. The van der Waals surface area contributed by atoms with Crippen LogP contribution in [0.15, 0.2) is 30.3 Å². The predicted molar refractivity (Wildman–Crippen MR) is 83.7 cm³/mol. The van der Waals surface area contributed by atoms with Crippen molar-refractivity contribution in [1.82, 2.24) is 9.80 Å². The van der Waals surface area contributed by atoms with E-state index in [1.807, 2.05) is 30.3 Å². The third-order valence-corrected chi connectivity index (χ3v) is 3.34. The highest BCUT2D eigenvalue weighted by Gasteiger charge is 2.23. The van der Waals surface area contributed by atoms with Crippen LogP contribution in [0.3, 0.4) is 0 Å². The molecule has 1 rings (SSSR count). The highest BCUT2D eigenvalue weighted by atomic mass is 16.5. The zero-order valence-corrected chi connectivity index (χ0v) is 13.6. The molecular weight excluding hydrogens is 300 g/mol. The number of aliphatic carboxylic acids is 1. The summed E-state index contributed by atoms with van der Waals surface area (Å²) >= 11 is 0. The van der Waals surface area contributed by atoms with Gasteiger partial charge in [-0.25, -0.2) is 4.79 Å². The van der Waals surface area contributed by atoms with Crippen LogP contribution in [-0.4, -0.2) is 60.1 Å². The minimum Gasteiger partial charge on any atom is -0.481 e. The fourth-order valence-electron chi connectivity index (χ4n) is 1.99. The van der Waals surface area contributed by atoms with E-state index < -0.39 is 18.0 Å². The van der Waals surface area contributed by atoms with Gasteiger partial charge >= 0.3 is 12.1 Å². The average molecular weight is 322 g/mol. The van der Waals surface area contributed by atoms with Crippen molar-refractivity contribution in [3.8, 4) is 0 Å². The first-order valence-electron chi connectivity index (χ1n) is 7.18. The number of ether oxygens (including phenoxy) is 1. The second-order valence-corrected chi connectivity index (χ2v) is 5.33. The van der Waals surface area contributed by atoms with Gasteiger partial charge < -0.3 is 19.6 Å². The summed E-state index contributed by atoms with van der Waals surface area (Å²) in [6.45, 7) is 1.72. The lowest BCUT2D eigenvalue weighted by Gasteiger charge is -2.26. The van der Waals surface area contributed by atoms with Crippen molar-refractivity contribution in [2.24, 2.45) is 5.92 Å². The number of amides is 2. The van der Waals surface area contributed by atoms with Crippen LogP contribution in [0.25, 0.3) is 0 Å². The molecule has 1 aromatic rings. The fraction of sp³-hybridized carbons (Fsp3) is 0.438. The maximum absolute atomic E-state index is 12.4. The first kappa shape index (κ1) is 18.5. The molecule has 7 heteroatoms. The number of likely N-dealkylation sites (N-methyl/N-ethyl adjacent to an activating group) is 1. The summed E-state index contributed by atoms with van der Waals surface area (Å²) in [5, 5.41) is 9.06. The molecule has 0 aliphatic heterocycles. The number of carbonyl (C=O) groups is 3. The second-order valence-electron chi connectivity index (χ2n) is 5.33. The van der Waals surface area contributed by atoms with Crippen LogP contribution in [0.1, 0.15) is 12.5 Å². The maximum atomic E-state index is 12.4. The molecule has 126 valence electrons. The van der Waals surface area contributed by atoms with Crippen LogP contribution in [0.4, 0.5) is 4.79 Å². The first-order valence-corrected chi connectivity index (χ1v) is 7.18. The number of carboxylic acids is 1. The SMILES string of the molecule is COC(=O)N(C)CC(=O)N(Cc1ccccc1)C[C@@H](C)C(=O)O. The van der Waals surface area contributed by atoms with Gasteiger partial charge in [-0.3, -0.25) is 9.59 Å². The largest absolute Gasteiger partial charge is 0.481 e. The van der Waals surface area contributed by atoms with Crippen LogP contribution >= 0.6 is 0 Å². The molecule has 0 fully saturated rings. The second kappa shape index (κ2) is 8.77. The predicted octanol–water partition coefficient (Wildman–Crippen LogP) is 1.43. The Labute approximate surface area is 135 Å². The molecule has 0 aromatic heterocycles. The Kier molecular flexibility index (Phi) is 7.05. The standard InChI is InChI=1S/C16H22N2O5/c1-12(15(20)21)9-18(10-13-7-5-4-6-8-13)14(19)11-17(2)16(22)23-3/h4-8,12H,9-11H2,1-3H3,(H,20,21)/t12-/m1/s1. The van der Waals surface area contributed by atoms with E-state index in [-0.39, 0.29) is 25.5 Å². The lowest BCUT2D eigenvalue weighted by Crippen LogP contribution is -2.43. The Bertz CT molecular complexity index is 547. The minimum absolute atomic E-state index is 0.0675. The number of benzene rings is 1. The molecule has 0 bridgehead atoms. The van der Waals surface area contributed by atoms with E-state index in [0.29, 0.717) is 0 Å². The Hall–Kier alpha value is -2.57. The van der Waals surface area contributed by atoms with Gasteiger partial charge in [-0.1, -0.05) is 37.3 Å². The summed E-state index contributed by atoms with van der Waals surface area (Å²) < 4.78 is 4.55. The highest BCUT2D eigenvalue weighted by Crippen LogP contribution is 2.09. The van der Waals surface area contributed by atoms with E-state index >= 15 is 0 Å². The van der Waals surface area contributed by atoms with Crippen molar-refractivity contribution in [2.45, 2.75) is 13.5 Å². The molecule has 23 heavy (non-hydrogen) atoms. The van der Waals surface area contributed by atoms with Crippen LogP contribution < -0.4 is 0 Å². The van der Waals surface area contributed by atoms with Gasteiger partial charge in [-0.15, -0.1) is 0 Å². The molecule has 7 nitrogen and oxygen atoms in total. The monoisotopic (exact) mass is 322 g/mol. The number of hydrogen-bond donors (Lipinski definition) is 1. The molecular formula is C16H22N2O5. The lowest BCUT2D eigenvalue weighted by molar-refractivity contribution is -0.143. The average Bonchev–Trinajstić information content (AvgIpc) is 2.53. The number of nitrogens with zero attached hydrogens (tertiary/aromatic N) is 2. The zero-order valence-electron chi connectivity index (χ0n) is 13.6. The van der Waals surface area contributed by atoms with Crippen molar-refractivity contribution in [3.63, 3.8) is 0 Å². The highest BCUT2D eigenvalue weighted by molar-refractivity contribution is 5.82. The van der Waals surface area contributed by atoms with Crippen LogP contribution in [0.5, 0.6) is 0 Å². The summed E-state index contributed by atoms with van der Waals surface area (Å²) in [5.74, 6) is -2.02. The van der Waals surface area contributed by atoms with Crippen LogP contribution in [0.2, 0.25) is 0 Å². The third-order valence-electron chi connectivity index (χ3n) is 3.34. The van der Waals surface area contributed by atoms with Gasteiger partial charge in [0.15, 0.2) is 0 Å². The summed E-state index contributed by atoms with van der Waals surface area (Å²) in [6.07, 6.45) is -0.621. The van der Waals surface area contributed by atoms with E-state index in [1.165, 1.54) is 26.0 Å². The number of rotatable bonds is 7. The van der Waals surface area contributed by atoms with E-state index in [9.17, 15) is 14.4 Å². The van der Waals surface area contributed by atoms with Gasteiger partial charge in [-0.2, -0.15) is 0 Å². The summed E-state index contributed by atoms with van der Waals surface area (Å²) in [6, 6.07) is 9.27. The van der Waals surface area contributed by atoms with Gasteiger partial charge in [0, 0.05) is 20.1 Å². The Morgan fingerprint density at radius 2 is 1.83 bits per heavy atom. The molecule has 0 radical (unpaired) electrons. The van der Waals surface area contributed by atoms with Gasteiger partial charge in [-0.05, 0) is 5.56 Å². The van der Waals surface area contributed by atoms with Crippen molar-refractivity contribution in [2.75, 3.05) is 27.2 Å². The maximum Gasteiger partial charge on any atom is 0.409 e. The molecule has 0 aliphatic rings. The van der Waals surface area contributed by atoms with Crippen LogP contribution in [-0.2, 0) is 20.9 Å². The van der Waals surface area contributed by atoms with Crippen molar-refractivity contribution >= 4 is 18.0 Å². The Balaban J connectivity index is 2.83. The Morgan fingerprint density at radius 1 is 1.22 bits per heavy atom. The van der Waals surface area contributed by atoms with E-state index in [0.717, 1.165) is 10.5 Å². The fourth-order valence-corrected chi connectivity index (χ4v) is 1.99. The van der Waals surface area contributed by atoms with Crippen molar-refractivity contribution in [3.05, 3.63) is 35.9 Å². The molecule has 0 unspecified atom stereocenters. The third kappa shape index (κ3) is 5.98. The summed E-state index contributed by atoms with van der Waals surface area (Å²) in [7, 11) is 2.68. The van der Waals surface area contributed by atoms with Gasteiger partial charge in [0.1, 0.15) is 6.54 Å². The van der Waals surface area contributed by atoms with E-state index in [1.54, 1.807) is 0 Å². The minimum atomic E-state index is -0.975. The smallest absolute Gasteiger partial charge is 0.409 e. The molecule has 2 amide bonds. The molecule has 0 spiro atoms. The lowest BCUT2D eigenvalue weighted by atomic mass is 10.1. The summed E-state index contributed by atoms with van der Waals surface area (Å²) in [4.78, 5) is 37.5. The summed E-state index contributed by atoms with van der Waals surface area (Å²) in [5.41, 5.74) is 0.888. The molecule has 1 aromatic carbocycles. The van der Waals surface area contributed by atoms with E-state index in [2.05, 4.69) is 4.74 Å². The number of carboxylic acid groups (broad SMARTS) is 1. The molecule has 1 atom stereocenters. The van der Waals surface area contributed by atoms with Crippen molar-refractivity contribution < 1.29 is 24.2 Å². The van der Waals surface area contributed by atoms with E-state index in [4.69, 9.17) is 5.11 Å².